The number of rotatable bonds is 3. The molecule has 0 amide bonds. The molecular formula is C11H12N2O. The number of hydrogen-bond acceptors (Lipinski definition) is 3. The van der Waals surface area contributed by atoms with Crippen LogP contribution < -0.4 is 5.73 Å². The first-order chi connectivity index (χ1) is 6.77. The van der Waals surface area contributed by atoms with Crippen LogP contribution in [0.3, 0.4) is 0 Å². The Bertz CT molecular complexity index is 388. The maximum Gasteiger partial charge on any atom is 0.174 e. The molecule has 0 bridgehead atoms. The molecule has 2 N–H and O–H groups in total. The summed E-state index contributed by atoms with van der Waals surface area (Å²) in [7, 11) is 0. The molecule has 0 atom stereocenters. The van der Waals surface area contributed by atoms with Crippen molar-refractivity contribution < 1.29 is 4.79 Å². The maximum atomic E-state index is 11.5. The van der Waals surface area contributed by atoms with E-state index in [9.17, 15) is 4.79 Å². The number of nitrogens with two attached hydrogens (primary N) is 1. The lowest BCUT2D eigenvalue weighted by Crippen LogP contribution is -2.03. The molecule has 0 spiro atoms. The third-order valence-electron chi connectivity index (χ3n) is 1.77. The van der Waals surface area contributed by atoms with E-state index in [0.29, 0.717) is 12.1 Å². The predicted molar refractivity (Wildman–Crippen MR) is 54.5 cm³/mol. The Morgan fingerprint density at radius 2 is 2.43 bits per heavy atom. The first kappa shape index (κ1) is 10.4. The predicted octanol–water partition coefficient (Wildman–Crippen LogP) is 1.14. The number of ketones is 1. The first-order valence-corrected chi connectivity index (χ1v) is 4.35. The summed E-state index contributed by atoms with van der Waals surface area (Å²) in [6.45, 7) is 2.06. The zero-order valence-electron chi connectivity index (χ0n) is 8.08. The van der Waals surface area contributed by atoms with Crippen molar-refractivity contribution in [3.05, 3.63) is 29.6 Å². The van der Waals surface area contributed by atoms with Crippen molar-refractivity contribution >= 4 is 5.78 Å². The van der Waals surface area contributed by atoms with E-state index in [4.69, 9.17) is 5.73 Å². The fourth-order valence-corrected chi connectivity index (χ4v) is 1.03. The number of pyridine rings is 1. The second-order valence-corrected chi connectivity index (χ2v) is 2.77. The molecule has 1 aromatic heterocycles. The summed E-state index contributed by atoms with van der Waals surface area (Å²) in [4.78, 5) is 15.5. The zero-order valence-corrected chi connectivity index (χ0v) is 8.08. The average Bonchev–Trinajstić information content (AvgIpc) is 2.26. The van der Waals surface area contributed by atoms with Gasteiger partial charge >= 0.3 is 0 Å². The van der Waals surface area contributed by atoms with E-state index in [1.165, 1.54) is 0 Å². The molecule has 3 nitrogen and oxygen atoms in total. The number of Topliss-reactive ketones (excluding diaryl/α,β-unsaturated/α-hetero) is 1. The minimum absolute atomic E-state index is 0.0106. The fourth-order valence-electron chi connectivity index (χ4n) is 1.03. The number of carbonyl (C=O) groups is 1. The van der Waals surface area contributed by atoms with Crippen molar-refractivity contribution in [2.45, 2.75) is 19.9 Å². The molecule has 0 saturated heterocycles. The van der Waals surface area contributed by atoms with Crippen molar-refractivity contribution in [1.29, 1.82) is 0 Å². The zero-order chi connectivity index (χ0) is 10.4. The van der Waals surface area contributed by atoms with Crippen LogP contribution in [0.5, 0.6) is 0 Å². The molecule has 1 heterocycles. The van der Waals surface area contributed by atoms with E-state index in [1.54, 1.807) is 25.3 Å². The van der Waals surface area contributed by atoms with Gasteiger partial charge in [-0.3, -0.25) is 9.78 Å². The Balaban J connectivity index is 2.82. The molecule has 3 heteroatoms. The Morgan fingerprint density at radius 3 is 3.07 bits per heavy atom. The van der Waals surface area contributed by atoms with Gasteiger partial charge in [-0.15, -0.1) is 5.92 Å². The highest BCUT2D eigenvalue weighted by molar-refractivity contribution is 5.97. The number of hydrogen-bond donors (Lipinski definition) is 1. The lowest BCUT2D eigenvalue weighted by molar-refractivity contribution is 0.0998. The molecule has 0 radical (unpaired) electrons. The third kappa shape index (κ3) is 2.68. The van der Waals surface area contributed by atoms with Crippen LogP contribution >= 0.6 is 0 Å². The van der Waals surface area contributed by atoms with Crippen LogP contribution in [0.2, 0.25) is 0 Å². The summed E-state index contributed by atoms with van der Waals surface area (Å²) >= 11 is 0. The minimum Gasteiger partial charge on any atom is -0.325 e. The van der Waals surface area contributed by atoms with Gasteiger partial charge in [0.25, 0.3) is 0 Å². The normalized spacial score (nSPS) is 9.00. The largest absolute Gasteiger partial charge is 0.325 e. The van der Waals surface area contributed by atoms with Gasteiger partial charge in [-0.05, 0) is 19.1 Å². The number of nitrogens with zero attached hydrogens (tertiary/aromatic N) is 1. The van der Waals surface area contributed by atoms with E-state index in [1.807, 2.05) is 0 Å². The van der Waals surface area contributed by atoms with E-state index >= 15 is 0 Å². The van der Waals surface area contributed by atoms with Crippen LogP contribution in [0.15, 0.2) is 18.3 Å². The van der Waals surface area contributed by atoms with Gasteiger partial charge in [0.2, 0.25) is 0 Å². The van der Waals surface area contributed by atoms with Crippen molar-refractivity contribution in [3.8, 4) is 11.8 Å². The third-order valence-corrected chi connectivity index (χ3v) is 1.77. The van der Waals surface area contributed by atoms with E-state index in [-0.39, 0.29) is 12.2 Å². The van der Waals surface area contributed by atoms with Gasteiger partial charge in [-0.25, -0.2) is 0 Å². The van der Waals surface area contributed by atoms with Crippen LogP contribution in [0, 0.1) is 11.8 Å². The Kier molecular flexibility index (Phi) is 3.84. The molecule has 0 aliphatic heterocycles. The minimum atomic E-state index is 0.0106. The molecule has 0 aromatic carbocycles. The second-order valence-electron chi connectivity index (χ2n) is 2.77. The van der Waals surface area contributed by atoms with Crippen molar-refractivity contribution in [2.24, 2.45) is 5.73 Å². The number of carbonyl (C=O) groups excluding carboxylic acids is 1. The molecular weight excluding hydrogens is 176 g/mol. The van der Waals surface area contributed by atoms with Gasteiger partial charge in [-0.1, -0.05) is 5.92 Å². The van der Waals surface area contributed by atoms with Crippen LogP contribution in [-0.2, 0) is 6.54 Å². The summed E-state index contributed by atoms with van der Waals surface area (Å²) < 4.78 is 0. The standard InChI is InChI=1S/C11H12N2O/c1-2-3-4-11(14)9-5-6-13-10(7-9)8-12/h5-7H,4,8,12H2,1H3. The fraction of sp³-hybridized carbons (Fsp3) is 0.273. The smallest absolute Gasteiger partial charge is 0.174 e. The van der Waals surface area contributed by atoms with Gasteiger partial charge in [0.05, 0.1) is 12.1 Å². The van der Waals surface area contributed by atoms with Crippen molar-refractivity contribution in [1.82, 2.24) is 4.98 Å². The summed E-state index contributed by atoms with van der Waals surface area (Å²) in [5, 5.41) is 0. The Hall–Kier alpha value is -1.66. The SMILES string of the molecule is CC#CCC(=O)c1ccnc(CN)c1. The Labute approximate surface area is 83.3 Å². The summed E-state index contributed by atoms with van der Waals surface area (Å²) in [6.07, 6.45) is 1.85. The number of aromatic nitrogens is 1. The van der Waals surface area contributed by atoms with E-state index < -0.39 is 0 Å². The van der Waals surface area contributed by atoms with Gasteiger partial charge < -0.3 is 5.73 Å². The highest BCUT2D eigenvalue weighted by Gasteiger charge is 2.04. The lowest BCUT2D eigenvalue weighted by Gasteiger charge is -1.99. The Morgan fingerprint density at radius 1 is 1.64 bits per heavy atom. The van der Waals surface area contributed by atoms with Crippen molar-refractivity contribution in [3.63, 3.8) is 0 Å². The molecule has 1 rings (SSSR count). The maximum absolute atomic E-state index is 11.5. The van der Waals surface area contributed by atoms with Crippen LogP contribution in [0.4, 0.5) is 0 Å². The highest BCUT2D eigenvalue weighted by Crippen LogP contribution is 2.04. The van der Waals surface area contributed by atoms with E-state index in [0.717, 1.165) is 5.69 Å². The molecule has 0 unspecified atom stereocenters. The quantitative estimate of drug-likeness (QED) is 0.571. The first-order valence-electron chi connectivity index (χ1n) is 4.35. The summed E-state index contributed by atoms with van der Waals surface area (Å²) in [5.41, 5.74) is 6.77. The molecule has 0 aliphatic carbocycles. The van der Waals surface area contributed by atoms with Crippen LogP contribution in [-0.4, -0.2) is 10.8 Å². The molecule has 72 valence electrons. The van der Waals surface area contributed by atoms with E-state index in [2.05, 4.69) is 16.8 Å². The van der Waals surface area contributed by atoms with Gasteiger partial charge in [0.15, 0.2) is 5.78 Å². The van der Waals surface area contributed by atoms with Crippen molar-refractivity contribution in [2.75, 3.05) is 0 Å². The molecule has 14 heavy (non-hydrogen) atoms. The molecule has 0 saturated carbocycles. The summed E-state index contributed by atoms with van der Waals surface area (Å²) in [5.74, 6) is 5.43. The topological polar surface area (TPSA) is 56.0 Å². The van der Waals surface area contributed by atoms with Gasteiger partial charge in [0.1, 0.15) is 0 Å². The molecule has 0 aliphatic rings. The second kappa shape index (κ2) is 5.15. The lowest BCUT2D eigenvalue weighted by atomic mass is 10.1. The monoisotopic (exact) mass is 188 g/mol. The van der Waals surface area contributed by atoms with Gasteiger partial charge in [-0.2, -0.15) is 0 Å². The van der Waals surface area contributed by atoms with Crippen LogP contribution in [0.1, 0.15) is 29.4 Å². The van der Waals surface area contributed by atoms with Gasteiger partial charge in [0, 0.05) is 18.3 Å². The highest BCUT2D eigenvalue weighted by atomic mass is 16.1. The molecule has 1 aromatic rings. The molecule has 0 fully saturated rings. The summed E-state index contributed by atoms with van der Waals surface area (Å²) in [6, 6.07) is 3.39. The van der Waals surface area contributed by atoms with Crippen LogP contribution in [0.25, 0.3) is 0 Å². The average molecular weight is 188 g/mol.